The summed E-state index contributed by atoms with van der Waals surface area (Å²) in [6.07, 6.45) is 4.70. The standard InChI is InChI=1S/C17H27N7S.HI/c1-4-18-17(19-10-14-12(2)21-13(3)25-14)20-11-16-23-22-15-8-6-5-7-9-24(15)16;/h4-11H2,1-3H3,(H2,18,19,20);1H. The topological polar surface area (TPSA) is 80.0 Å². The van der Waals surface area contributed by atoms with E-state index in [0.717, 1.165) is 54.4 Å². The summed E-state index contributed by atoms with van der Waals surface area (Å²) in [7, 11) is 0. The van der Waals surface area contributed by atoms with Gasteiger partial charge in [0, 0.05) is 24.4 Å². The van der Waals surface area contributed by atoms with E-state index in [2.05, 4.69) is 44.2 Å². The van der Waals surface area contributed by atoms with E-state index in [9.17, 15) is 0 Å². The van der Waals surface area contributed by atoms with Crippen LogP contribution in [0, 0.1) is 13.8 Å². The molecule has 26 heavy (non-hydrogen) atoms. The van der Waals surface area contributed by atoms with Crippen LogP contribution in [0.1, 0.15) is 53.4 Å². The van der Waals surface area contributed by atoms with Gasteiger partial charge < -0.3 is 15.2 Å². The van der Waals surface area contributed by atoms with E-state index in [1.165, 1.54) is 24.1 Å². The average Bonchev–Trinajstić information content (AvgIpc) is 3.02. The van der Waals surface area contributed by atoms with Gasteiger partial charge in [-0.3, -0.25) is 0 Å². The highest BCUT2D eigenvalue weighted by atomic mass is 127. The number of thiazole rings is 1. The third-order valence-corrected chi connectivity index (χ3v) is 5.40. The molecule has 0 aliphatic carbocycles. The number of nitrogens with one attached hydrogen (secondary N) is 2. The minimum atomic E-state index is 0. The Morgan fingerprint density at radius 3 is 2.77 bits per heavy atom. The monoisotopic (exact) mass is 489 g/mol. The Morgan fingerprint density at radius 2 is 2.04 bits per heavy atom. The molecule has 0 amide bonds. The van der Waals surface area contributed by atoms with Crippen molar-refractivity contribution < 1.29 is 0 Å². The molecule has 2 aromatic rings. The summed E-state index contributed by atoms with van der Waals surface area (Å²) in [6.45, 7) is 9.28. The predicted octanol–water partition coefficient (Wildman–Crippen LogP) is 2.95. The molecule has 2 N–H and O–H groups in total. The number of nitrogens with zero attached hydrogens (tertiary/aromatic N) is 5. The molecule has 1 aliphatic rings. The van der Waals surface area contributed by atoms with Crippen molar-refractivity contribution in [3.63, 3.8) is 0 Å². The second-order valence-corrected chi connectivity index (χ2v) is 7.57. The number of aryl methyl sites for hydroxylation is 3. The summed E-state index contributed by atoms with van der Waals surface area (Å²) in [6, 6.07) is 0. The normalized spacial score (nSPS) is 14.3. The number of fused-ring (bicyclic) bond motifs is 1. The van der Waals surface area contributed by atoms with Crippen LogP contribution in [0.5, 0.6) is 0 Å². The molecule has 0 bridgehead atoms. The Balaban J connectivity index is 0.00000243. The lowest BCUT2D eigenvalue weighted by atomic mass is 10.2. The molecule has 0 saturated carbocycles. The van der Waals surface area contributed by atoms with Crippen molar-refractivity contribution in [3.8, 4) is 0 Å². The lowest BCUT2D eigenvalue weighted by Crippen LogP contribution is -2.36. The van der Waals surface area contributed by atoms with E-state index in [1.807, 2.05) is 6.92 Å². The number of aromatic nitrogens is 4. The van der Waals surface area contributed by atoms with Gasteiger partial charge in [0.2, 0.25) is 0 Å². The lowest BCUT2D eigenvalue weighted by Gasteiger charge is -2.11. The van der Waals surface area contributed by atoms with Crippen LogP contribution in [0.25, 0.3) is 0 Å². The first-order valence-electron chi connectivity index (χ1n) is 9.03. The maximum absolute atomic E-state index is 4.70. The second-order valence-electron chi connectivity index (χ2n) is 6.28. The molecule has 0 aromatic carbocycles. The van der Waals surface area contributed by atoms with Crippen molar-refractivity contribution in [2.24, 2.45) is 4.99 Å². The first kappa shape index (κ1) is 21.1. The number of guanidine groups is 1. The molecule has 0 fully saturated rings. The molecule has 0 spiro atoms. The lowest BCUT2D eigenvalue weighted by molar-refractivity contribution is 0.605. The minimum Gasteiger partial charge on any atom is -0.357 e. The van der Waals surface area contributed by atoms with Gasteiger partial charge in [-0.2, -0.15) is 0 Å². The van der Waals surface area contributed by atoms with Crippen LogP contribution in [0.15, 0.2) is 4.99 Å². The zero-order valence-corrected chi connectivity index (χ0v) is 18.9. The highest BCUT2D eigenvalue weighted by molar-refractivity contribution is 14.0. The summed E-state index contributed by atoms with van der Waals surface area (Å²) in [4.78, 5) is 10.4. The van der Waals surface area contributed by atoms with Crippen LogP contribution in [-0.2, 0) is 26.1 Å². The number of hydrogen-bond acceptors (Lipinski definition) is 5. The van der Waals surface area contributed by atoms with Gasteiger partial charge in [0.15, 0.2) is 11.8 Å². The predicted molar refractivity (Wildman–Crippen MR) is 116 cm³/mol. The van der Waals surface area contributed by atoms with Crippen molar-refractivity contribution in [1.82, 2.24) is 30.4 Å². The summed E-state index contributed by atoms with van der Waals surface area (Å²) in [5.74, 6) is 2.87. The molecule has 0 saturated heterocycles. The minimum absolute atomic E-state index is 0. The number of aliphatic imine (C=N–C) groups is 1. The SMILES string of the molecule is CCNC(=NCc1nnc2n1CCCCC2)NCc1sc(C)nc1C.I. The Kier molecular flexibility index (Phi) is 8.26. The van der Waals surface area contributed by atoms with E-state index in [-0.39, 0.29) is 24.0 Å². The van der Waals surface area contributed by atoms with Crippen LogP contribution >= 0.6 is 35.3 Å². The van der Waals surface area contributed by atoms with Crippen LogP contribution in [0.2, 0.25) is 0 Å². The van der Waals surface area contributed by atoms with Crippen molar-refractivity contribution >= 4 is 41.3 Å². The van der Waals surface area contributed by atoms with Gasteiger partial charge in [0.05, 0.1) is 17.2 Å². The first-order valence-corrected chi connectivity index (χ1v) is 9.85. The average molecular weight is 489 g/mol. The van der Waals surface area contributed by atoms with Crippen LogP contribution in [-0.4, -0.2) is 32.3 Å². The molecule has 7 nitrogen and oxygen atoms in total. The van der Waals surface area contributed by atoms with E-state index in [0.29, 0.717) is 6.54 Å². The highest BCUT2D eigenvalue weighted by Gasteiger charge is 2.14. The van der Waals surface area contributed by atoms with E-state index >= 15 is 0 Å². The van der Waals surface area contributed by atoms with Crippen molar-refractivity contribution in [1.29, 1.82) is 0 Å². The summed E-state index contributed by atoms with van der Waals surface area (Å²) >= 11 is 1.73. The van der Waals surface area contributed by atoms with Gasteiger partial charge in [-0.05, 0) is 33.6 Å². The third kappa shape index (κ3) is 5.38. The summed E-state index contributed by atoms with van der Waals surface area (Å²) < 4.78 is 2.25. The molecule has 3 heterocycles. The molecule has 0 atom stereocenters. The summed E-state index contributed by atoms with van der Waals surface area (Å²) in [5, 5.41) is 16.5. The van der Waals surface area contributed by atoms with Crippen molar-refractivity contribution in [3.05, 3.63) is 27.2 Å². The molecule has 1 aliphatic heterocycles. The Morgan fingerprint density at radius 1 is 1.19 bits per heavy atom. The van der Waals surface area contributed by atoms with Crippen LogP contribution in [0.4, 0.5) is 0 Å². The molecular formula is C17H28IN7S. The maximum atomic E-state index is 4.70. The van der Waals surface area contributed by atoms with Crippen molar-refractivity contribution in [2.75, 3.05) is 6.54 Å². The fourth-order valence-electron chi connectivity index (χ4n) is 3.06. The smallest absolute Gasteiger partial charge is 0.191 e. The highest BCUT2D eigenvalue weighted by Crippen LogP contribution is 2.17. The molecule has 3 rings (SSSR count). The molecule has 0 unspecified atom stereocenters. The van der Waals surface area contributed by atoms with E-state index < -0.39 is 0 Å². The van der Waals surface area contributed by atoms with Crippen LogP contribution in [0.3, 0.4) is 0 Å². The maximum Gasteiger partial charge on any atom is 0.191 e. The van der Waals surface area contributed by atoms with Gasteiger partial charge in [-0.1, -0.05) is 6.42 Å². The van der Waals surface area contributed by atoms with E-state index in [4.69, 9.17) is 4.99 Å². The number of hydrogen-bond donors (Lipinski definition) is 2. The van der Waals surface area contributed by atoms with Crippen molar-refractivity contribution in [2.45, 2.75) is 66.1 Å². The van der Waals surface area contributed by atoms with Crippen LogP contribution < -0.4 is 10.6 Å². The number of halogens is 1. The van der Waals surface area contributed by atoms with Gasteiger partial charge in [0.1, 0.15) is 12.4 Å². The Bertz CT molecular complexity index is 738. The van der Waals surface area contributed by atoms with Gasteiger partial charge in [0.25, 0.3) is 0 Å². The number of rotatable bonds is 5. The zero-order valence-electron chi connectivity index (χ0n) is 15.7. The van der Waals surface area contributed by atoms with E-state index in [1.54, 1.807) is 11.3 Å². The largest absolute Gasteiger partial charge is 0.357 e. The fourth-order valence-corrected chi connectivity index (χ4v) is 3.93. The molecule has 144 valence electrons. The van der Waals surface area contributed by atoms with Gasteiger partial charge >= 0.3 is 0 Å². The Labute approximate surface area is 176 Å². The quantitative estimate of drug-likeness (QED) is 0.384. The molecule has 2 aromatic heterocycles. The van der Waals surface area contributed by atoms with Gasteiger partial charge in [-0.25, -0.2) is 9.98 Å². The summed E-state index contributed by atoms with van der Waals surface area (Å²) in [5.41, 5.74) is 1.09. The fraction of sp³-hybridized carbons (Fsp3) is 0.647. The molecule has 0 radical (unpaired) electrons. The first-order chi connectivity index (χ1) is 12.2. The third-order valence-electron chi connectivity index (χ3n) is 4.32. The molecule has 9 heteroatoms. The van der Waals surface area contributed by atoms with Gasteiger partial charge in [-0.15, -0.1) is 45.5 Å². The Hall–Kier alpha value is -1.23. The molecular weight excluding hydrogens is 461 g/mol. The zero-order chi connectivity index (χ0) is 17.6. The second kappa shape index (κ2) is 10.2.